The van der Waals surface area contributed by atoms with Crippen LogP contribution < -0.4 is 4.72 Å². The lowest BCUT2D eigenvalue weighted by Crippen LogP contribution is -2.38. The van der Waals surface area contributed by atoms with Crippen LogP contribution in [0.25, 0.3) is 0 Å². The Labute approximate surface area is 120 Å². The van der Waals surface area contributed by atoms with Crippen LogP contribution >= 0.6 is 0 Å². The summed E-state index contributed by atoms with van der Waals surface area (Å²) in [4.78, 5) is 13.7. The number of nitrogens with one attached hydrogen (secondary N) is 1. The number of nitrogens with zero attached hydrogens (tertiary/aromatic N) is 1. The van der Waals surface area contributed by atoms with Crippen molar-refractivity contribution in [2.24, 2.45) is 0 Å². The van der Waals surface area contributed by atoms with E-state index in [1.807, 2.05) is 26.8 Å². The number of carbonyl (C=O) groups excluding carboxylic acids is 1. The van der Waals surface area contributed by atoms with E-state index in [4.69, 9.17) is 0 Å². The van der Waals surface area contributed by atoms with Crippen LogP contribution in [0.15, 0.2) is 29.2 Å². The van der Waals surface area contributed by atoms with Crippen molar-refractivity contribution >= 4 is 15.9 Å². The fraction of sp³-hybridized carbons (Fsp3) is 0.500. The van der Waals surface area contributed by atoms with Gasteiger partial charge in [-0.2, -0.15) is 0 Å². The van der Waals surface area contributed by atoms with E-state index in [0.29, 0.717) is 6.54 Å². The number of hydrogen-bond acceptors (Lipinski definition) is 3. The summed E-state index contributed by atoms with van der Waals surface area (Å²) in [5.74, 6) is -0.00283. The van der Waals surface area contributed by atoms with Crippen molar-refractivity contribution in [3.05, 3.63) is 29.8 Å². The molecule has 1 aliphatic rings. The molecule has 0 aliphatic carbocycles. The van der Waals surface area contributed by atoms with Crippen LogP contribution in [0.1, 0.15) is 25.8 Å². The van der Waals surface area contributed by atoms with Crippen molar-refractivity contribution in [2.75, 3.05) is 6.54 Å². The first-order valence-corrected chi connectivity index (χ1v) is 8.16. The molecule has 1 saturated heterocycles. The Morgan fingerprint density at radius 2 is 2.05 bits per heavy atom. The summed E-state index contributed by atoms with van der Waals surface area (Å²) in [6.45, 7) is 6.13. The molecular weight excluding hydrogens is 276 g/mol. The van der Waals surface area contributed by atoms with Crippen molar-refractivity contribution in [1.82, 2.24) is 9.62 Å². The third-order valence-electron chi connectivity index (χ3n) is 3.40. The summed E-state index contributed by atoms with van der Waals surface area (Å²) in [5, 5.41) is 0. The predicted octanol–water partition coefficient (Wildman–Crippen LogP) is 1.28. The maximum absolute atomic E-state index is 12.3. The van der Waals surface area contributed by atoms with Crippen molar-refractivity contribution in [2.45, 2.75) is 44.2 Å². The number of benzene rings is 1. The predicted molar refractivity (Wildman–Crippen MR) is 76.8 cm³/mol. The second-order valence-electron chi connectivity index (χ2n) is 5.48. The van der Waals surface area contributed by atoms with E-state index < -0.39 is 10.0 Å². The van der Waals surface area contributed by atoms with Crippen molar-refractivity contribution in [1.29, 1.82) is 0 Å². The lowest BCUT2D eigenvalue weighted by Gasteiger charge is -2.21. The van der Waals surface area contributed by atoms with E-state index in [1.54, 1.807) is 23.1 Å². The molecule has 1 aromatic rings. The summed E-state index contributed by atoms with van der Waals surface area (Å²) in [5.41, 5.74) is 0.888. The van der Waals surface area contributed by atoms with Crippen LogP contribution in [0.2, 0.25) is 0 Å². The summed E-state index contributed by atoms with van der Waals surface area (Å²) >= 11 is 0. The number of carbonyl (C=O) groups is 1. The van der Waals surface area contributed by atoms with Gasteiger partial charge < -0.3 is 4.90 Å². The lowest BCUT2D eigenvalue weighted by molar-refractivity contribution is -0.129. The van der Waals surface area contributed by atoms with E-state index >= 15 is 0 Å². The highest BCUT2D eigenvalue weighted by Gasteiger charge is 2.33. The van der Waals surface area contributed by atoms with Gasteiger partial charge >= 0.3 is 0 Å². The van der Waals surface area contributed by atoms with Gasteiger partial charge in [0.2, 0.25) is 15.9 Å². The van der Waals surface area contributed by atoms with Gasteiger partial charge in [0.25, 0.3) is 0 Å². The molecule has 1 aromatic carbocycles. The molecule has 1 aliphatic heterocycles. The van der Waals surface area contributed by atoms with E-state index in [1.165, 1.54) is 0 Å². The van der Waals surface area contributed by atoms with Gasteiger partial charge in [-0.3, -0.25) is 4.79 Å². The summed E-state index contributed by atoms with van der Waals surface area (Å²) in [7, 11) is -3.57. The monoisotopic (exact) mass is 296 g/mol. The Balaban J connectivity index is 2.12. The molecular formula is C14H20N2O3S. The number of aryl methyl sites for hydroxylation is 1. The van der Waals surface area contributed by atoms with Crippen LogP contribution in [0.5, 0.6) is 0 Å². The summed E-state index contributed by atoms with van der Waals surface area (Å²) in [6.07, 6.45) is 0.225. The van der Waals surface area contributed by atoms with Crippen LogP contribution in [0.3, 0.4) is 0 Å². The van der Waals surface area contributed by atoms with E-state index in [2.05, 4.69) is 4.72 Å². The van der Waals surface area contributed by atoms with Crippen LogP contribution in [-0.4, -0.2) is 37.9 Å². The molecule has 2 rings (SSSR count). The summed E-state index contributed by atoms with van der Waals surface area (Å²) in [6, 6.07) is 6.49. The minimum Gasteiger partial charge on any atom is -0.339 e. The molecule has 1 heterocycles. The third-order valence-corrected chi connectivity index (χ3v) is 4.92. The molecule has 5 nitrogen and oxygen atoms in total. The van der Waals surface area contributed by atoms with Gasteiger partial charge in [0.1, 0.15) is 0 Å². The Hall–Kier alpha value is -1.40. The SMILES string of the molecule is Cc1cccc(S(=O)(=O)NC2CC(=O)N(C(C)C)C2)c1. The highest BCUT2D eigenvalue weighted by molar-refractivity contribution is 7.89. The molecule has 0 spiro atoms. The normalized spacial score (nSPS) is 19.9. The van der Waals surface area contributed by atoms with Crippen LogP contribution in [-0.2, 0) is 14.8 Å². The lowest BCUT2D eigenvalue weighted by atomic mass is 10.2. The molecule has 1 amide bonds. The van der Waals surface area contributed by atoms with Crippen molar-refractivity contribution < 1.29 is 13.2 Å². The zero-order chi connectivity index (χ0) is 14.9. The van der Waals surface area contributed by atoms with Crippen molar-refractivity contribution in [3.8, 4) is 0 Å². The Morgan fingerprint density at radius 1 is 1.35 bits per heavy atom. The maximum atomic E-state index is 12.3. The zero-order valence-corrected chi connectivity index (χ0v) is 12.8. The van der Waals surface area contributed by atoms with Gasteiger partial charge in [-0.15, -0.1) is 0 Å². The fourth-order valence-corrected chi connectivity index (χ4v) is 3.71. The fourth-order valence-electron chi connectivity index (χ4n) is 2.38. The van der Waals surface area contributed by atoms with Gasteiger partial charge in [0.05, 0.1) is 4.90 Å². The van der Waals surface area contributed by atoms with Gasteiger partial charge in [-0.25, -0.2) is 13.1 Å². The average Bonchev–Trinajstić information content (AvgIpc) is 2.69. The molecule has 0 aromatic heterocycles. The minimum atomic E-state index is -3.57. The number of rotatable bonds is 4. The van der Waals surface area contributed by atoms with Crippen molar-refractivity contribution in [3.63, 3.8) is 0 Å². The van der Waals surface area contributed by atoms with Crippen LogP contribution in [0, 0.1) is 6.92 Å². The number of sulfonamides is 1. The van der Waals surface area contributed by atoms with Gasteiger partial charge in [-0.05, 0) is 38.5 Å². The van der Waals surface area contributed by atoms with E-state index in [9.17, 15) is 13.2 Å². The topological polar surface area (TPSA) is 66.5 Å². The molecule has 20 heavy (non-hydrogen) atoms. The molecule has 1 unspecified atom stereocenters. The molecule has 0 radical (unpaired) electrons. The number of likely N-dealkylation sites (tertiary alicyclic amines) is 1. The number of amides is 1. The van der Waals surface area contributed by atoms with Crippen LogP contribution in [0.4, 0.5) is 0 Å². The number of hydrogen-bond donors (Lipinski definition) is 1. The average molecular weight is 296 g/mol. The molecule has 110 valence electrons. The second kappa shape index (κ2) is 5.54. The van der Waals surface area contributed by atoms with Gasteiger partial charge in [0, 0.05) is 25.0 Å². The first-order valence-electron chi connectivity index (χ1n) is 6.68. The largest absolute Gasteiger partial charge is 0.339 e. The molecule has 1 N–H and O–H groups in total. The molecule has 6 heteroatoms. The molecule has 1 fully saturated rings. The zero-order valence-electron chi connectivity index (χ0n) is 12.0. The summed E-state index contributed by atoms with van der Waals surface area (Å²) < 4.78 is 27.2. The molecule has 0 saturated carbocycles. The van der Waals surface area contributed by atoms with E-state index in [-0.39, 0.29) is 29.3 Å². The Bertz CT molecular complexity index is 611. The standard InChI is InChI=1S/C14H20N2O3S/c1-10(2)16-9-12(8-14(16)17)15-20(18,19)13-6-4-5-11(3)7-13/h4-7,10,12,15H,8-9H2,1-3H3. The molecule has 0 bridgehead atoms. The molecule has 1 atom stereocenters. The van der Waals surface area contributed by atoms with Gasteiger partial charge in [0.15, 0.2) is 0 Å². The Kier molecular flexibility index (Phi) is 4.15. The first-order chi connectivity index (χ1) is 9.29. The highest BCUT2D eigenvalue weighted by Crippen LogP contribution is 2.17. The second-order valence-corrected chi connectivity index (χ2v) is 7.19. The maximum Gasteiger partial charge on any atom is 0.240 e. The Morgan fingerprint density at radius 3 is 2.60 bits per heavy atom. The minimum absolute atomic E-state index is 0.00283. The third kappa shape index (κ3) is 3.19. The van der Waals surface area contributed by atoms with E-state index in [0.717, 1.165) is 5.56 Å². The van der Waals surface area contributed by atoms with Gasteiger partial charge in [-0.1, -0.05) is 12.1 Å². The highest BCUT2D eigenvalue weighted by atomic mass is 32.2. The smallest absolute Gasteiger partial charge is 0.240 e. The quantitative estimate of drug-likeness (QED) is 0.910. The first kappa shape index (κ1) is 15.0.